The van der Waals surface area contributed by atoms with Crippen LogP contribution in [0.3, 0.4) is 0 Å². The molecule has 0 aliphatic rings. The maximum Gasteiger partial charge on any atom is 0.250 e. The molecule has 0 atom stereocenters. The van der Waals surface area contributed by atoms with Gasteiger partial charge in [-0.15, -0.1) is 0 Å². The van der Waals surface area contributed by atoms with Crippen molar-refractivity contribution in [2.75, 3.05) is 20.3 Å². The van der Waals surface area contributed by atoms with Gasteiger partial charge in [0.15, 0.2) is 0 Å². The van der Waals surface area contributed by atoms with Gasteiger partial charge in [-0.25, -0.2) is 0 Å². The third-order valence-corrected chi connectivity index (χ3v) is 3.81. The Kier molecular flexibility index (Phi) is 6.69. The molecular formula is C18H23N3O3. The van der Waals surface area contributed by atoms with Crippen molar-refractivity contribution in [3.05, 3.63) is 64.3 Å². The zero-order valence-corrected chi connectivity index (χ0v) is 14.1. The van der Waals surface area contributed by atoms with Crippen LogP contribution in [0.15, 0.2) is 47.4 Å². The number of amides is 1. The van der Waals surface area contributed by atoms with E-state index in [1.165, 1.54) is 6.07 Å². The van der Waals surface area contributed by atoms with E-state index >= 15 is 0 Å². The van der Waals surface area contributed by atoms with E-state index < -0.39 is 0 Å². The summed E-state index contributed by atoms with van der Waals surface area (Å²) in [7, 11) is 1.61. The fraction of sp³-hybridized carbons (Fsp3) is 0.389. The molecule has 0 saturated carbocycles. The Bertz CT molecular complexity index is 713. The maximum absolute atomic E-state index is 12.6. The van der Waals surface area contributed by atoms with Crippen molar-refractivity contribution in [1.29, 1.82) is 0 Å². The largest absolute Gasteiger partial charge is 0.383 e. The molecule has 0 aliphatic heterocycles. The molecule has 2 heterocycles. The smallest absolute Gasteiger partial charge is 0.250 e. The van der Waals surface area contributed by atoms with Crippen molar-refractivity contribution in [1.82, 2.24) is 14.5 Å². The zero-order chi connectivity index (χ0) is 17.4. The Labute approximate surface area is 141 Å². The van der Waals surface area contributed by atoms with E-state index in [2.05, 4.69) is 4.98 Å². The Balaban J connectivity index is 2.03. The second-order valence-electron chi connectivity index (χ2n) is 5.54. The van der Waals surface area contributed by atoms with Crippen LogP contribution >= 0.6 is 0 Å². The fourth-order valence-corrected chi connectivity index (χ4v) is 2.46. The van der Waals surface area contributed by atoms with Gasteiger partial charge in [0, 0.05) is 44.6 Å². The minimum absolute atomic E-state index is 0.0205. The highest BCUT2D eigenvalue weighted by atomic mass is 16.5. The average Bonchev–Trinajstić information content (AvgIpc) is 2.59. The third kappa shape index (κ3) is 5.03. The summed E-state index contributed by atoms with van der Waals surface area (Å²) in [4.78, 5) is 30.5. The first-order valence-electron chi connectivity index (χ1n) is 7.95. The van der Waals surface area contributed by atoms with Gasteiger partial charge in [-0.05, 0) is 25.1 Å². The summed E-state index contributed by atoms with van der Waals surface area (Å²) < 4.78 is 6.71. The van der Waals surface area contributed by atoms with Crippen LogP contribution in [0.5, 0.6) is 0 Å². The second kappa shape index (κ2) is 8.98. The Hall–Kier alpha value is -2.47. The van der Waals surface area contributed by atoms with Gasteiger partial charge < -0.3 is 14.2 Å². The number of hydrogen-bond acceptors (Lipinski definition) is 4. The second-order valence-corrected chi connectivity index (χ2v) is 5.54. The number of rotatable bonds is 8. The number of hydrogen-bond donors (Lipinski definition) is 0. The van der Waals surface area contributed by atoms with Crippen LogP contribution < -0.4 is 5.56 Å². The van der Waals surface area contributed by atoms with Crippen LogP contribution in [-0.4, -0.2) is 40.6 Å². The molecule has 24 heavy (non-hydrogen) atoms. The number of aryl methyl sites for hydroxylation is 1. The highest BCUT2D eigenvalue weighted by Gasteiger charge is 2.15. The summed E-state index contributed by atoms with van der Waals surface area (Å²) in [5, 5.41) is 0. The number of aromatic nitrogens is 2. The number of ether oxygens (including phenoxy) is 1. The minimum atomic E-state index is -0.0871. The molecule has 1 amide bonds. The molecule has 2 aromatic heterocycles. The minimum Gasteiger partial charge on any atom is -0.383 e. The van der Waals surface area contributed by atoms with Gasteiger partial charge in [-0.2, -0.15) is 0 Å². The van der Waals surface area contributed by atoms with Crippen LogP contribution in [0.2, 0.25) is 0 Å². The molecular weight excluding hydrogens is 306 g/mol. The molecule has 2 rings (SSSR count). The molecule has 0 aromatic carbocycles. The molecule has 0 N–H and O–H groups in total. The van der Waals surface area contributed by atoms with Gasteiger partial charge in [0.25, 0.3) is 5.56 Å². The number of carbonyl (C=O) groups is 1. The van der Waals surface area contributed by atoms with E-state index in [9.17, 15) is 9.59 Å². The Morgan fingerprint density at radius 1 is 1.25 bits per heavy atom. The van der Waals surface area contributed by atoms with Gasteiger partial charge in [-0.3, -0.25) is 14.6 Å². The lowest BCUT2D eigenvalue weighted by Gasteiger charge is -2.22. The lowest BCUT2D eigenvalue weighted by atomic mass is 10.2. The normalized spacial score (nSPS) is 10.6. The molecule has 0 saturated heterocycles. The van der Waals surface area contributed by atoms with E-state index in [0.717, 1.165) is 11.4 Å². The predicted molar refractivity (Wildman–Crippen MR) is 91.6 cm³/mol. The topological polar surface area (TPSA) is 64.4 Å². The molecule has 0 spiro atoms. The molecule has 0 aliphatic carbocycles. The Morgan fingerprint density at radius 3 is 2.75 bits per heavy atom. The van der Waals surface area contributed by atoms with Crippen LogP contribution in [0.4, 0.5) is 0 Å². The summed E-state index contributed by atoms with van der Waals surface area (Å²) in [6.07, 6.45) is 1.97. The molecule has 6 heteroatoms. The molecule has 0 bridgehead atoms. The van der Waals surface area contributed by atoms with Gasteiger partial charge in [-0.1, -0.05) is 12.1 Å². The summed E-state index contributed by atoms with van der Waals surface area (Å²) >= 11 is 0. The lowest BCUT2D eigenvalue weighted by molar-refractivity contribution is -0.132. The summed E-state index contributed by atoms with van der Waals surface area (Å²) in [5.41, 5.74) is 1.59. The summed E-state index contributed by atoms with van der Waals surface area (Å²) in [6, 6.07) is 10.7. The predicted octanol–water partition coefficient (Wildman–Crippen LogP) is 1.62. The molecule has 6 nitrogen and oxygen atoms in total. The van der Waals surface area contributed by atoms with Crippen molar-refractivity contribution < 1.29 is 9.53 Å². The number of pyridine rings is 2. The third-order valence-electron chi connectivity index (χ3n) is 3.81. The van der Waals surface area contributed by atoms with Crippen LogP contribution in [-0.2, 0) is 22.6 Å². The van der Waals surface area contributed by atoms with Crippen molar-refractivity contribution in [2.24, 2.45) is 0 Å². The van der Waals surface area contributed by atoms with Gasteiger partial charge in [0.1, 0.15) is 0 Å². The zero-order valence-electron chi connectivity index (χ0n) is 14.1. The highest BCUT2D eigenvalue weighted by molar-refractivity contribution is 5.76. The van der Waals surface area contributed by atoms with Gasteiger partial charge >= 0.3 is 0 Å². The van der Waals surface area contributed by atoms with Crippen LogP contribution in [0, 0.1) is 6.92 Å². The monoisotopic (exact) mass is 329 g/mol. The lowest BCUT2D eigenvalue weighted by Crippen LogP contribution is -2.35. The SMILES string of the molecule is COCCN(Cc1ccccn1)C(=O)CCn1c(C)cccc1=O. The van der Waals surface area contributed by atoms with Crippen LogP contribution in [0.1, 0.15) is 17.8 Å². The van der Waals surface area contributed by atoms with Gasteiger partial charge in [0.05, 0.1) is 18.8 Å². The number of nitrogens with zero attached hydrogens (tertiary/aromatic N) is 3. The summed E-state index contributed by atoms with van der Waals surface area (Å²) in [5.74, 6) is -0.0205. The quantitative estimate of drug-likeness (QED) is 0.738. The van der Waals surface area contributed by atoms with E-state index in [0.29, 0.717) is 26.2 Å². The molecule has 0 unspecified atom stereocenters. The molecule has 0 fully saturated rings. The molecule has 128 valence electrons. The summed E-state index contributed by atoms with van der Waals surface area (Å²) in [6.45, 7) is 3.63. The molecule has 0 radical (unpaired) electrons. The van der Waals surface area contributed by atoms with Crippen LogP contribution in [0.25, 0.3) is 0 Å². The standard InChI is InChI=1S/C18H23N3O3/c1-15-6-5-8-18(23)21(15)11-9-17(22)20(12-13-24-2)14-16-7-3-4-10-19-16/h3-8,10H,9,11-14H2,1-2H3. The van der Waals surface area contributed by atoms with Crippen molar-refractivity contribution in [3.63, 3.8) is 0 Å². The van der Waals surface area contributed by atoms with Crippen molar-refractivity contribution in [2.45, 2.75) is 26.4 Å². The first-order valence-corrected chi connectivity index (χ1v) is 7.95. The van der Waals surface area contributed by atoms with E-state index in [1.807, 2.05) is 31.2 Å². The average molecular weight is 329 g/mol. The van der Waals surface area contributed by atoms with Crippen molar-refractivity contribution >= 4 is 5.91 Å². The Morgan fingerprint density at radius 2 is 2.08 bits per heavy atom. The number of carbonyl (C=O) groups excluding carboxylic acids is 1. The van der Waals surface area contributed by atoms with E-state index in [1.54, 1.807) is 28.8 Å². The van der Waals surface area contributed by atoms with Crippen molar-refractivity contribution in [3.8, 4) is 0 Å². The first kappa shape index (κ1) is 17.9. The maximum atomic E-state index is 12.6. The highest BCUT2D eigenvalue weighted by Crippen LogP contribution is 2.05. The first-order chi connectivity index (χ1) is 11.6. The van der Waals surface area contributed by atoms with E-state index in [-0.39, 0.29) is 17.9 Å². The molecule has 2 aromatic rings. The number of methoxy groups -OCH3 is 1. The van der Waals surface area contributed by atoms with Gasteiger partial charge in [0.2, 0.25) is 5.91 Å². The van der Waals surface area contributed by atoms with E-state index in [4.69, 9.17) is 4.74 Å². The fourth-order valence-electron chi connectivity index (χ4n) is 2.46.